The number of rotatable bonds is 4. The van der Waals surface area contributed by atoms with Gasteiger partial charge in [-0.1, -0.05) is 12.1 Å². The average molecular weight is 367 g/mol. The van der Waals surface area contributed by atoms with Gasteiger partial charge in [0.1, 0.15) is 11.8 Å². The maximum Gasteiger partial charge on any atom is 0.339 e. The Labute approximate surface area is 159 Å². The zero-order valence-electron chi connectivity index (χ0n) is 16.6. The Morgan fingerprint density at radius 2 is 1.81 bits per heavy atom. The number of hydrogen-bond acceptors (Lipinski definition) is 6. The van der Waals surface area contributed by atoms with Gasteiger partial charge in [-0.2, -0.15) is 5.26 Å². The summed E-state index contributed by atoms with van der Waals surface area (Å²) in [6.07, 6.45) is -0.971. The molecule has 0 aliphatic heterocycles. The summed E-state index contributed by atoms with van der Waals surface area (Å²) in [4.78, 5) is 17.0. The maximum atomic E-state index is 12.6. The van der Waals surface area contributed by atoms with Crippen molar-refractivity contribution in [3.05, 3.63) is 46.8 Å². The Morgan fingerprint density at radius 3 is 2.30 bits per heavy atom. The highest BCUT2D eigenvalue weighted by Crippen LogP contribution is 2.38. The van der Waals surface area contributed by atoms with Crippen LogP contribution in [0.5, 0.6) is 0 Å². The molecule has 2 rings (SSSR count). The fourth-order valence-corrected chi connectivity index (χ4v) is 2.95. The van der Waals surface area contributed by atoms with E-state index in [-0.39, 0.29) is 0 Å². The van der Waals surface area contributed by atoms with Crippen molar-refractivity contribution in [2.45, 2.75) is 46.3 Å². The zero-order valence-corrected chi connectivity index (χ0v) is 16.6. The third-order valence-corrected chi connectivity index (χ3v) is 4.12. The molecule has 142 valence electrons. The molecule has 0 aliphatic rings. The highest BCUT2D eigenvalue weighted by Gasteiger charge is 2.33. The van der Waals surface area contributed by atoms with Crippen LogP contribution in [0.25, 0.3) is 11.1 Å². The van der Waals surface area contributed by atoms with Crippen LogP contribution in [-0.2, 0) is 14.3 Å². The number of pyridine rings is 1. The van der Waals surface area contributed by atoms with E-state index in [0.29, 0.717) is 28.2 Å². The van der Waals surface area contributed by atoms with E-state index in [2.05, 4.69) is 11.1 Å². The van der Waals surface area contributed by atoms with E-state index < -0.39 is 17.7 Å². The highest BCUT2D eigenvalue weighted by atomic mass is 16.6. The SMILES string of the molecule is COC(=O)[C@@H](OC(C)(C)C)c1c(C)nc(C#N)c(C)c1-c1ccc(N)cc1. The summed E-state index contributed by atoms with van der Waals surface area (Å²) in [5.41, 5.74) is 9.53. The van der Waals surface area contributed by atoms with Crippen LogP contribution in [0.15, 0.2) is 24.3 Å². The Hall–Kier alpha value is -2.91. The topological polar surface area (TPSA) is 98.2 Å². The molecule has 0 fully saturated rings. The van der Waals surface area contributed by atoms with Gasteiger partial charge in [0.05, 0.1) is 12.7 Å². The van der Waals surface area contributed by atoms with Crippen LogP contribution < -0.4 is 5.73 Å². The number of nitriles is 1. The number of nitrogens with two attached hydrogens (primary N) is 1. The van der Waals surface area contributed by atoms with Crippen molar-refractivity contribution in [1.82, 2.24) is 4.98 Å². The second-order valence-corrected chi connectivity index (χ2v) is 7.33. The first-order valence-electron chi connectivity index (χ1n) is 8.61. The molecule has 0 aliphatic carbocycles. The average Bonchev–Trinajstić information content (AvgIpc) is 2.60. The number of esters is 1. The number of carbonyl (C=O) groups excluding carboxylic acids is 1. The monoisotopic (exact) mass is 367 g/mol. The molecule has 1 heterocycles. The minimum absolute atomic E-state index is 0.308. The lowest BCUT2D eigenvalue weighted by Crippen LogP contribution is -2.29. The lowest BCUT2D eigenvalue weighted by molar-refractivity contribution is -0.164. The van der Waals surface area contributed by atoms with Crippen molar-refractivity contribution in [2.75, 3.05) is 12.8 Å². The van der Waals surface area contributed by atoms with E-state index in [1.807, 2.05) is 39.8 Å². The number of nitrogen functional groups attached to an aromatic ring is 1. The van der Waals surface area contributed by atoms with E-state index in [9.17, 15) is 10.1 Å². The molecular weight excluding hydrogens is 342 g/mol. The van der Waals surface area contributed by atoms with E-state index >= 15 is 0 Å². The van der Waals surface area contributed by atoms with Crippen LogP contribution in [0, 0.1) is 25.2 Å². The summed E-state index contributed by atoms with van der Waals surface area (Å²) in [6, 6.07) is 9.38. The molecule has 1 aromatic heterocycles. The number of aryl methyl sites for hydroxylation is 1. The second kappa shape index (κ2) is 7.77. The van der Waals surface area contributed by atoms with Crippen molar-refractivity contribution in [2.24, 2.45) is 0 Å². The molecule has 6 heteroatoms. The van der Waals surface area contributed by atoms with Crippen molar-refractivity contribution in [3.8, 4) is 17.2 Å². The molecule has 27 heavy (non-hydrogen) atoms. The lowest BCUT2D eigenvalue weighted by atomic mass is 9.90. The van der Waals surface area contributed by atoms with E-state index in [4.69, 9.17) is 15.2 Å². The maximum absolute atomic E-state index is 12.6. The Balaban J connectivity index is 2.84. The van der Waals surface area contributed by atoms with E-state index in [1.165, 1.54) is 7.11 Å². The standard InChI is InChI=1S/C21H25N3O3/c1-12-16(11-22)24-13(2)18(17(12)14-7-9-15(23)10-8-14)19(20(25)26-6)27-21(3,4)5/h7-10,19H,23H2,1-6H3/t19-/m0/s1. The molecule has 0 spiro atoms. The van der Waals surface area contributed by atoms with Gasteiger partial charge in [0.15, 0.2) is 6.10 Å². The summed E-state index contributed by atoms with van der Waals surface area (Å²) in [5, 5.41) is 9.47. The molecular formula is C21H25N3O3. The predicted molar refractivity (Wildman–Crippen MR) is 104 cm³/mol. The zero-order chi connectivity index (χ0) is 20.4. The minimum Gasteiger partial charge on any atom is -0.467 e. The van der Waals surface area contributed by atoms with Crippen molar-refractivity contribution >= 4 is 11.7 Å². The van der Waals surface area contributed by atoms with Gasteiger partial charge in [0, 0.05) is 16.9 Å². The molecule has 0 bridgehead atoms. The van der Waals surface area contributed by atoms with E-state index in [0.717, 1.165) is 11.1 Å². The van der Waals surface area contributed by atoms with Gasteiger partial charge in [-0.25, -0.2) is 9.78 Å². The summed E-state index contributed by atoms with van der Waals surface area (Å²) in [6.45, 7) is 9.17. The number of nitrogens with zero attached hydrogens (tertiary/aromatic N) is 2. The van der Waals surface area contributed by atoms with Crippen molar-refractivity contribution < 1.29 is 14.3 Å². The first-order chi connectivity index (χ1) is 12.6. The number of methoxy groups -OCH3 is 1. The molecule has 2 N–H and O–H groups in total. The predicted octanol–water partition coefficient (Wildman–Crippen LogP) is 3.85. The molecule has 6 nitrogen and oxygen atoms in total. The van der Waals surface area contributed by atoms with Gasteiger partial charge >= 0.3 is 5.97 Å². The summed E-state index contributed by atoms with van der Waals surface area (Å²) < 4.78 is 11.0. The number of anilines is 1. The largest absolute Gasteiger partial charge is 0.467 e. The first-order valence-corrected chi connectivity index (χ1v) is 8.61. The second-order valence-electron chi connectivity index (χ2n) is 7.33. The Morgan fingerprint density at radius 1 is 1.22 bits per heavy atom. The number of hydrogen-bond donors (Lipinski definition) is 1. The van der Waals surface area contributed by atoms with Crippen LogP contribution in [-0.4, -0.2) is 23.7 Å². The molecule has 1 aromatic carbocycles. The molecule has 0 saturated heterocycles. The Bertz CT molecular complexity index is 891. The lowest BCUT2D eigenvalue weighted by Gasteiger charge is -2.29. The number of ether oxygens (including phenoxy) is 2. The molecule has 0 radical (unpaired) electrons. The van der Waals surface area contributed by atoms with Crippen LogP contribution in [0.4, 0.5) is 5.69 Å². The van der Waals surface area contributed by atoms with Crippen molar-refractivity contribution in [1.29, 1.82) is 5.26 Å². The first kappa shape index (κ1) is 20.4. The van der Waals surface area contributed by atoms with Gasteiger partial charge in [-0.05, 0) is 63.4 Å². The number of aromatic nitrogens is 1. The van der Waals surface area contributed by atoms with Gasteiger partial charge < -0.3 is 15.2 Å². The van der Waals surface area contributed by atoms with Crippen LogP contribution >= 0.6 is 0 Å². The molecule has 1 atom stereocenters. The third-order valence-electron chi connectivity index (χ3n) is 4.12. The number of benzene rings is 1. The van der Waals surface area contributed by atoms with Crippen molar-refractivity contribution in [3.63, 3.8) is 0 Å². The normalized spacial score (nSPS) is 12.3. The number of carbonyl (C=O) groups is 1. The summed E-state index contributed by atoms with van der Waals surface area (Å²) >= 11 is 0. The minimum atomic E-state index is -0.971. The summed E-state index contributed by atoms with van der Waals surface area (Å²) in [7, 11) is 1.32. The van der Waals surface area contributed by atoms with Gasteiger partial charge in [0.2, 0.25) is 0 Å². The smallest absolute Gasteiger partial charge is 0.339 e. The Kier molecular flexibility index (Phi) is 5.87. The quantitative estimate of drug-likeness (QED) is 0.651. The molecule has 0 unspecified atom stereocenters. The fourth-order valence-electron chi connectivity index (χ4n) is 2.95. The fraction of sp³-hybridized carbons (Fsp3) is 0.381. The van der Waals surface area contributed by atoms with Gasteiger partial charge in [0.25, 0.3) is 0 Å². The molecule has 2 aromatic rings. The van der Waals surface area contributed by atoms with Gasteiger partial charge in [-0.3, -0.25) is 0 Å². The van der Waals surface area contributed by atoms with E-state index in [1.54, 1.807) is 19.1 Å². The van der Waals surface area contributed by atoms with Gasteiger partial charge in [-0.15, -0.1) is 0 Å². The third kappa shape index (κ3) is 4.44. The highest BCUT2D eigenvalue weighted by molar-refractivity contribution is 5.84. The van der Waals surface area contributed by atoms with Crippen LogP contribution in [0.3, 0.4) is 0 Å². The molecule has 0 saturated carbocycles. The molecule has 0 amide bonds. The summed E-state index contributed by atoms with van der Waals surface area (Å²) in [5.74, 6) is -0.518. The van der Waals surface area contributed by atoms with Crippen LogP contribution in [0.2, 0.25) is 0 Å². The van der Waals surface area contributed by atoms with Crippen LogP contribution in [0.1, 0.15) is 49.4 Å².